The lowest BCUT2D eigenvalue weighted by atomic mass is 9.87. The van der Waals surface area contributed by atoms with Crippen molar-refractivity contribution in [1.82, 2.24) is 9.80 Å². The van der Waals surface area contributed by atoms with E-state index >= 15 is 0 Å². The minimum Gasteiger partial charge on any atom is -0.463 e. The van der Waals surface area contributed by atoms with Crippen molar-refractivity contribution < 1.29 is 76.3 Å². The van der Waals surface area contributed by atoms with Crippen molar-refractivity contribution >= 4 is 71.5 Å². The van der Waals surface area contributed by atoms with Crippen LogP contribution in [0.2, 0.25) is 0 Å². The molecule has 72 heavy (non-hydrogen) atoms. The van der Waals surface area contributed by atoms with Crippen molar-refractivity contribution in [3.8, 4) is 17.6 Å². The van der Waals surface area contributed by atoms with Crippen LogP contribution in [0.1, 0.15) is 117 Å². The average Bonchev–Trinajstić information content (AvgIpc) is 3.84. The lowest BCUT2D eigenvalue weighted by Gasteiger charge is -2.32. The van der Waals surface area contributed by atoms with E-state index in [2.05, 4.69) is 6.58 Å². The first-order valence-corrected chi connectivity index (χ1v) is 26.8. The molecule has 0 aromatic heterocycles. The zero-order valence-corrected chi connectivity index (χ0v) is 42.7. The quantitative estimate of drug-likeness (QED) is 0.0316. The minimum atomic E-state index is -0.816. The maximum absolute atomic E-state index is 13.7. The second-order valence-corrected chi connectivity index (χ2v) is 20.6. The third-order valence-electron chi connectivity index (χ3n) is 13.3. The summed E-state index contributed by atoms with van der Waals surface area (Å²) in [6.07, 6.45) is 7.66. The van der Waals surface area contributed by atoms with Crippen LogP contribution < -0.4 is 9.47 Å². The monoisotopic (exact) mass is 1040 g/mol. The first-order valence-electron chi connectivity index (χ1n) is 25.1. The molecule has 21 heteroatoms. The van der Waals surface area contributed by atoms with Crippen LogP contribution in [0.25, 0.3) is 0 Å². The standard InChI is InChI=1S/C51H65N3O16S2/c1-4-7-28-65-50(61)53-24-20-34(21-25-53)44(56)67-36-14-10-32(11-15-36)46(58)69-39-18-19-40(43-42(39)71-49(72-43)38(31-52)48(60)63-6-3)70-47(59)33-12-16-37(17-13-33)68-45(57)35-22-26-54(27-23-35)51(62)66-30-9-8-29-64-41(55)5-2/h5,18-19,32-37H,2,4,6-17,20-30H2,1,3H3/b49-38+. The fourth-order valence-electron chi connectivity index (χ4n) is 8.98. The van der Waals surface area contributed by atoms with E-state index in [-0.39, 0.29) is 83.2 Å². The number of unbranched alkanes of at least 4 members (excludes halogenated alkanes) is 2. The van der Waals surface area contributed by atoms with E-state index in [9.17, 15) is 43.6 Å². The Labute approximate surface area is 428 Å². The lowest BCUT2D eigenvalue weighted by molar-refractivity contribution is -0.159. The highest BCUT2D eigenvalue weighted by Crippen LogP contribution is 2.59. The zero-order valence-electron chi connectivity index (χ0n) is 41.1. The highest BCUT2D eigenvalue weighted by Gasteiger charge is 2.38. The van der Waals surface area contributed by atoms with Gasteiger partial charge >= 0.3 is 48.0 Å². The molecule has 3 heterocycles. The van der Waals surface area contributed by atoms with Gasteiger partial charge in [0.05, 0.1) is 64.1 Å². The topological polar surface area (TPSA) is 241 Å². The Balaban J connectivity index is 0.970. The SMILES string of the molecule is C=CC(=O)OCCCCOC(=O)N1CCC(C(=O)OC2CCC(C(=O)Oc3ccc(OC(=O)C4CCC(OC(=O)C5CCN(C(=O)OCCCC)CC5)CC4)c4c3S/C(=C(\C#N)C(=O)OCC)S4)CC2)CC1. The normalized spacial score (nSPS) is 22.0. The number of ether oxygens (including phenoxy) is 8. The van der Waals surface area contributed by atoms with E-state index in [4.69, 9.17) is 37.9 Å². The molecule has 0 unspecified atom stereocenters. The molecule has 2 aliphatic carbocycles. The Bertz CT molecular complexity index is 2210. The number of carbonyl (C=O) groups is 8. The summed E-state index contributed by atoms with van der Waals surface area (Å²) >= 11 is 2.08. The van der Waals surface area contributed by atoms with Gasteiger partial charge in [-0.1, -0.05) is 43.4 Å². The van der Waals surface area contributed by atoms with Gasteiger partial charge in [-0.15, -0.1) is 0 Å². The Morgan fingerprint density at radius 2 is 1.01 bits per heavy atom. The average molecular weight is 1040 g/mol. The molecule has 6 rings (SSSR count). The first-order chi connectivity index (χ1) is 34.8. The fourth-order valence-corrected chi connectivity index (χ4v) is 11.5. The van der Waals surface area contributed by atoms with Crippen LogP contribution in [0.3, 0.4) is 0 Å². The number of hydrogen-bond acceptors (Lipinski definition) is 19. The van der Waals surface area contributed by atoms with E-state index in [1.165, 1.54) is 12.1 Å². The van der Waals surface area contributed by atoms with Gasteiger partial charge in [0.15, 0.2) is 5.57 Å². The Kier molecular flexibility index (Phi) is 21.5. The van der Waals surface area contributed by atoms with Crippen molar-refractivity contribution in [2.75, 3.05) is 52.6 Å². The summed E-state index contributed by atoms with van der Waals surface area (Å²) < 4.78 is 44.7. The molecule has 3 aliphatic heterocycles. The van der Waals surface area contributed by atoms with Gasteiger partial charge in [-0.3, -0.25) is 19.2 Å². The molecular weight excluding hydrogens is 975 g/mol. The molecule has 4 fully saturated rings. The molecule has 19 nitrogen and oxygen atoms in total. The van der Waals surface area contributed by atoms with Gasteiger partial charge in [0.1, 0.15) is 29.8 Å². The molecule has 2 saturated heterocycles. The number of likely N-dealkylation sites (tertiary alicyclic amines) is 2. The fraction of sp³-hybridized carbons (Fsp3) is 0.627. The lowest BCUT2D eigenvalue weighted by Crippen LogP contribution is -2.41. The van der Waals surface area contributed by atoms with Gasteiger partial charge in [0.2, 0.25) is 0 Å². The van der Waals surface area contributed by atoms with Crippen LogP contribution in [0.5, 0.6) is 11.5 Å². The summed E-state index contributed by atoms with van der Waals surface area (Å²) in [4.78, 5) is 106. The summed E-state index contributed by atoms with van der Waals surface area (Å²) in [7, 11) is 0. The van der Waals surface area contributed by atoms with E-state index in [0.717, 1.165) is 42.4 Å². The summed E-state index contributed by atoms with van der Waals surface area (Å²) in [5.74, 6) is -4.28. The number of piperidine rings is 2. The van der Waals surface area contributed by atoms with Crippen LogP contribution in [0.4, 0.5) is 9.59 Å². The maximum Gasteiger partial charge on any atom is 0.409 e. The number of nitrogens with zero attached hydrogens (tertiary/aromatic N) is 3. The number of thioether (sulfide) groups is 2. The third kappa shape index (κ3) is 15.6. The Morgan fingerprint density at radius 1 is 0.597 bits per heavy atom. The van der Waals surface area contributed by atoms with Crippen LogP contribution in [0.15, 0.2) is 44.4 Å². The number of carbonyl (C=O) groups excluding carboxylic acids is 8. The molecule has 5 aliphatic rings. The van der Waals surface area contributed by atoms with E-state index in [1.54, 1.807) is 16.7 Å². The smallest absolute Gasteiger partial charge is 0.409 e. The van der Waals surface area contributed by atoms with E-state index < -0.39 is 41.8 Å². The summed E-state index contributed by atoms with van der Waals surface area (Å²) in [5, 5.41) is 9.97. The van der Waals surface area contributed by atoms with Crippen LogP contribution in [0, 0.1) is 35.0 Å². The summed E-state index contributed by atoms with van der Waals surface area (Å²) in [5.41, 5.74) is -0.240. The Morgan fingerprint density at radius 3 is 1.42 bits per heavy atom. The van der Waals surface area contributed by atoms with Gasteiger partial charge in [-0.05, 0) is 115 Å². The van der Waals surface area contributed by atoms with E-state index in [0.29, 0.717) is 132 Å². The highest BCUT2D eigenvalue weighted by atomic mass is 32.2. The van der Waals surface area contributed by atoms with Crippen LogP contribution in [-0.2, 0) is 57.2 Å². The Hall–Kier alpha value is -5.75. The molecule has 392 valence electrons. The van der Waals surface area contributed by atoms with Gasteiger partial charge in [-0.2, -0.15) is 5.26 Å². The maximum atomic E-state index is 13.7. The molecule has 0 bridgehead atoms. The zero-order chi connectivity index (χ0) is 51.6. The third-order valence-corrected chi connectivity index (χ3v) is 15.9. The summed E-state index contributed by atoms with van der Waals surface area (Å²) in [6.45, 7) is 9.33. The van der Waals surface area contributed by atoms with E-state index in [1.807, 2.05) is 13.0 Å². The molecule has 1 aromatic carbocycles. The molecule has 0 spiro atoms. The van der Waals surface area contributed by atoms with Crippen molar-refractivity contribution in [3.05, 3.63) is 34.6 Å². The molecule has 2 amide bonds. The van der Waals surface area contributed by atoms with Crippen LogP contribution in [-0.4, -0.2) is 123 Å². The van der Waals surface area contributed by atoms with Crippen molar-refractivity contribution in [1.29, 1.82) is 5.26 Å². The number of amides is 2. The first kappa shape index (κ1) is 55.6. The minimum absolute atomic E-state index is 0.0459. The molecular formula is C51H65N3O16S2. The van der Waals surface area contributed by atoms with Gasteiger partial charge in [0.25, 0.3) is 0 Å². The molecule has 1 aromatic rings. The predicted octanol–water partition coefficient (Wildman–Crippen LogP) is 8.20. The largest absolute Gasteiger partial charge is 0.463 e. The molecule has 0 atom stereocenters. The highest BCUT2D eigenvalue weighted by molar-refractivity contribution is 8.24. The number of esters is 6. The van der Waals surface area contributed by atoms with Crippen LogP contribution >= 0.6 is 23.5 Å². The van der Waals surface area contributed by atoms with Crippen molar-refractivity contribution in [3.63, 3.8) is 0 Å². The van der Waals surface area contributed by atoms with Gasteiger partial charge in [-0.25, -0.2) is 19.2 Å². The van der Waals surface area contributed by atoms with Crippen molar-refractivity contribution in [2.45, 2.75) is 139 Å². The molecule has 0 radical (unpaired) electrons. The number of benzene rings is 1. The van der Waals surface area contributed by atoms with Gasteiger partial charge < -0.3 is 47.7 Å². The number of fused-ring (bicyclic) bond motifs is 1. The number of rotatable bonds is 19. The molecule has 0 N–H and O–H groups in total. The second-order valence-electron chi connectivity index (χ2n) is 18.3. The number of hydrogen-bond donors (Lipinski definition) is 0. The second kappa shape index (κ2) is 27.9. The summed E-state index contributed by atoms with van der Waals surface area (Å²) in [6, 6.07) is 4.97. The van der Waals surface area contributed by atoms with Gasteiger partial charge in [0, 0.05) is 32.3 Å². The molecule has 2 saturated carbocycles. The van der Waals surface area contributed by atoms with Crippen molar-refractivity contribution in [2.24, 2.45) is 23.7 Å². The number of nitriles is 1. The predicted molar refractivity (Wildman–Crippen MR) is 259 cm³/mol.